The van der Waals surface area contributed by atoms with Crippen LogP contribution in [0.15, 0.2) is 41.3 Å². The van der Waals surface area contributed by atoms with E-state index < -0.39 is 10.0 Å². The van der Waals surface area contributed by atoms with Gasteiger partial charge in [-0.15, -0.1) is 0 Å². The Morgan fingerprint density at radius 1 is 1.24 bits per heavy atom. The highest BCUT2D eigenvalue weighted by molar-refractivity contribution is 7.89. The number of benzene rings is 2. The van der Waals surface area contributed by atoms with Gasteiger partial charge in [0.1, 0.15) is 0 Å². The Balaban J connectivity index is 2.09. The topological polar surface area (TPSA) is 49.4 Å². The Labute approximate surface area is 158 Å². The first kappa shape index (κ1) is 18.7. The number of fused-ring (bicyclic) bond motifs is 1. The van der Waals surface area contributed by atoms with E-state index in [9.17, 15) is 8.42 Å². The second-order valence-corrected chi connectivity index (χ2v) is 8.89. The maximum Gasteiger partial charge on any atom is 0.240 e. The minimum Gasteiger partial charge on any atom is -0.301 e. The summed E-state index contributed by atoms with van der Waals surface area (Å²) in [6, 6.07) is 10.8. The fourth-order valence-corrected chi connectivity index (χ4v) is 4.97. The highest BCUT2D eigenvalue weighted by atomic mass is 35.5. The van der Waals surface area contributed by atoms with Crippen LogP contribution < -0.4 is 4.72 Å². The van der Waals surface area contributed by atoms with Crippen molar-refractivity contribution in [2.75, 3.05) is 20.1 Å². The van der Waals surface area contributed by atoms with Crippen molar-refractivity contribution >= 4 is 33.2 Å². The Kier molecular flexibility index (Phi) is 5.42. The molecule has 1 unspecified atom stereocenters. The van der Waals surface area contributed by atoms with Crippen LogP contribution in [0.3, 0.4) is 0 Å². The van der Waals surface area contributed by atoms with Crippen molar-refractivity contribution < 1.29 is 8.42 Å². The molecule has 4 nitrogen and oxygen atoms in total. The zero-order valence-electron chi connectivity index (χ0n) is 14.1. The van der Waals surface area contributed by atoms with Crippen LogP contribution in [0.2, 0.25) is 10.0 Å². The average molecular weight is 399 g/mol. The van der Waals surface area contributed by atoms with Crippen LogP contribution in [-0.2, 0) is 16.6 Å². The van der Waals surface area contributed by atoms with Gasteiger partial charge >= 0.3 is 0 Å². The maximum atomic E-state index is 12.3. The normalized spacial score (nSPS) is 18.2. The number of halogens is 2. The zero-order valence-corrected chi connectivity index (χ0v) is 16.4. The molecule has 0 aliphatic carbocycles. The van der Waals surface area contributed by atoms with Gasteiger partial charge in [0, 0.05) is 35.6 Å². The first-order chi connectivity index (χ1) is 11.8. The number of hydrogen-bond donors (Lipinski definition) is 1. The van der Waals surface area contributed by atoms with E-state index in [1.807, 2.05) is 19.2 Å². The Morgan fingerprint density at radius 3 is 2.72 bits per heavy atom. The number of likely N-dealkylation sites (N-methyl/N-ethyl adjacent to an activating group) is 1. The van der Waals surface area contributed by atoms with Gasteiger partial charge in [0.15, 0.2) is 0 Å². The molecule has 2 aromatic carbocycles. The molecule has 1 heterocycles. The molecule has 1 N–H and O–H groups in total. The number of sulfonamides is 1. The summed E-state index contributed by atoms with van der Waals surface area (Å²) in [4.78, 5) is 2.45. The van der Waals surface area contributed by atoms with Crippen molar-refractivity contribution in [2.24, 2.45) is 0 Å². The number of nitrogens with one attached hydrogen (secondary N) is 1. The summed E-state index contributed by atoms with van der Waals surface area (Å²) in [5, 5.41) is 1.24. The summed E-state index contributed by atoms with van der Waals surface area (Å²) < 4.78 is 27.2. The highest BCUT2D eigenvalue weighted by Gasteiger charge is 2.28. The molecule has 0 aromatic heterocycles. The molecule has 25 heavy (non-hydrogen) atoms. The van der Waals surface area contributed by atoms with E-state index in [1.54, 1.807) is 31.2 Å². The minimum absolute atomic E-state index is 0.0155. The third-order valence-electron chi connectivity index (χ3n) is 4.40. The van der Waals surface area contributed by atoms with Crippen LogP contribution in [0.5, 0.6) is 0 Å². The van der Waals surface area contributed by atoms with Crippen molar-refractivity contribution in [1.82, 2.24) is 9.62 Å². The van der Waals surface area contributed by atoms with Gasteiger partial charge in [-0.1, -0.05) is 42.3 Å². The van der Waals surface area contributed by atoms with Crippen LogP contribution in [0.25, 0.3) is 0 Å². The van der Waals surface area contributed by atoms with Gasteiger partial charge in [-0.3, -0.25) is 0 Å². The van der Waals surface area contributed by atoms with Crippen molar-refractivity contribution in [2.45, 2.75) is 24.3 Å². The van der Waals surface area contributed by atoms with Gasteiger partial charge in [0.25, 0.3) is 0 Å². The predicted molar refractivity (Wildman–Crippen MR) is 102 cm³/mol. The van der Waals surface area contributed by atoms with Gasteiger partial charge < -0.3 is 4.90 Å². The van der Waals surface area contributed by atoms with E-state index in [4.69, 9.17) is 23.2 Å². The summed E-state index contributed by atoms with van der Waals surface area (Å²) in [6.45, 7) is 3.64. The Morgan fingerprint density at radius 2 is 2.00 bits per heavy atom. The molecule has 1 atom stereocenters. The molecule has 0 radical (unpaired) electrons. The molecule has 1 aliphatic heterocycles. The SMILES string of the molecule is CCNS(=O)(=O)c1cccc(C2CN(C)Cc3c(Cl)cc(Cl)cc32)c1. The van der Waals surface area contributed by atoms with Crippen LogP contribution in [0, 0.1) is 0 Å². The fraction of sp³-hybridized carbons (Fsp3) is 0.333. The van der Waals surface area contributed by atoms with E-state index in [0.717, 1.165) is 29.8 Å². The van der Waals surface area contributed by atoms with Crippen molar-refractivity contribution in [3.8, 4) is 0 Å². The van der Waals surface area contributed by atoms with E-state index in [0.29, 0.717) is 16.6 Å². The lowest BCUT2D eigenvalue weighted by molar-refractivity contribution is 0.295. The number of rotatable bonds is 4. The molecule has 0 saturated carbocycles. The minimum atomic E-state index is -3.49. The van der Waals surface area contributed by atoms with Crippen molar-refractivity contribution in [3.63, 3.8) is 0 Å². The average Bonchev–Trinajstić information content (AvgIpc) is 2.55. The summed E-state index contributed by atoms with van der Waals surface area (Å²) in [5.74, 6) is 0.0155. The van der Waals surface area contributed by atoms with Gasteiger partial charge in [0.2, 0.25) is 10.0 Å². The van der Waals surface area contributed by atoms with Gasteiger partial charge in [-0.2, -0.15) is 0 Å². The lowest BCUT2D eigenvalue weighted by Crippen LogP contribution is -2.31. The van der Waals surface area contributed by atoms with Crippen molar-refractivity contribution in [1.29, 1.82) is 0 Å². The lowest BCUT2D eigenvalue weighted by atomic mass is 9.85. The molecule has 0 fully saturated rings. The molecule has 7 heteroatoms. The summed E-state index contributed by atoms with van der Waals surface area (Å²) in [5.41, 5.74) is 3.04. The summed E-state index contributed by atoms with van der Waals surface area (Å²) in [7, 11) is -1.47. The third kappa shape index (κ3) is 3.86. The van der Waals surface area contributed by atoms with E-state index in [2.05, 4.69) is 9.62 Å². The summed E-state index contributed by atoms with van der Waals surface area (Å²) >= 11 is 12.6. The monoisotopic (exact) mass is 398 g/mol. The maximum absolute atomic E-state index is 12.3. The molecule has 0 amide bonds. The van der Waals surface area contributed by atoms with Gasteiger partial charge in [-0.05, 0) is 48.0 Å². The molecule has 2 aromatic rings. The second-order valence-electron chi connectivity index (χ2n) is 6.28. The molecule has 0 bridgehead atoms. The van der Waals surface area contributed by atoms with Crippen LogP contribution >= 0.6 is 23.2 Å². The molecular formula is C18H20Cl2N2O2S. The standard InChI is InChI=1S/C18H20Cl2N2O2S/c1-3-21-25(23,24)14-6-4-5-12(7-14)16-10-22(2)11-17-15(16)8-13(19)9-18(17)20/h4-9,16,21H,3,10-11H2,1-2H3. The smallest absolute Gasteiger partial charge is 0.240 e. The first-order valence-corrected chi connectivity index (χ1v) is 10.3. The van der Waals surface area contributed by atoms with E-state index in [1.165, 1.54) is 0 Å². The molecule has 0 saturated heterocycles. The Bertz CT molecular complexity index is 900. The van der Waals surface area contributed by atoms with Gasteiger partial charge in [-0.25, -0.2) is 13.1 Å². The van der Waals surface area contributed by atoms with Crippen molar-refractivity contribution in [3.05, 3.63) is 63.1 Å². The Hall–Kier alpha value is -1.11. The largest absolute Gasteiger partial charge is 0.301 e. The van der Waals surface area contributed by atoms with E-state index in [-0.39, 0.29) is 10.8 Å². The first-order valence-electron chi connectivity index (χ1n) is 8.08. The van der Waals surface area contributed by atoms with Crippen LogP contribution in [0.1, 0.15) is 29.5 Å². The quantitative estimate of drug-likeness (QED) is 0.849. The highest BCUT2D eigenvalue weighted by Crippen LogP contribution is 2.38. The van der Waals surface area contributed by atoms with Gasteiger partial charge in [0.05, 0.1) is 4.90 Å². The van der Waals surface area contributed by atoms with Crippen LogP contribution in [0.4, 0.5) is 0 Å². The summed E-state index contributed by atoms with van der Waals surface area (Å²) in [6.07, 6.45) is 0. The molecular weight excluding hydrogens is 379 g/mol. The zero-order chi connectivity index (χ0) is 18.2. The number of nitrogens with zero attached hydrogens (tertiary/aromatic N) is 1. The molecule has 0 spiro atoms. The lowest BCUT2D eigenvalue weighted by Gasteiger charge is -2.33. The van der Waals surface area contributed by atoms with Crippen LogP contribution in [-0.4, -0.2) is 33.5 Å². The third-order valence-corrected chi connectivity index (χ3v) is 6.50. The predicted octanol–water partition coefficient (Wildman–Crippen LogP) is 3.87. The fourth-order valence-electron chi connectivity index (χ4n) is 3.30. The molecule has 3 rings (SSSR count). The molecule has 1 aliphatic rings. The second kappa shape index (κ2) is 7.25. The molecule has 134 valence electrons. The van der Waals surface area contributed by atoms with E-state index >= 15 is 0 Å². The number of hydrogen-bond acceptors (Lipinski definition) is 3.